The third kappa shape index (κ3) is 2.59. The Morgan fingerprint density at radius 3 is 2.96 bits per heavy atom. The van der Waals surface area contributed by atoms with Gasteiger partial charge in [0.25, 0.3) is 5.91 Å². The molecule has 6 nitrogen and oxygen atoms in total. The Balaban J connectivity index is 1.51. The Labute approximate surface area is 132 Å². The molecule has 116 valence electrons. The second kappa shape index (κ2) is 5.31. The zero-order chi connectivity index (χ0) is 15.8. The second-order valence-corrected chi connectivity index (χ2v) is 5.41. The molecular weight excluding hydrogens is 294 g/mol. The van der Waals surface area contributed by atoms with Crippen molar-refractivity contribution in [3.05, 3.63) is 48.3 Å². The predicted molar refractivity (Wildman–Crippen MR) is 85.8 cm³/mol. The smallest absolute Gasteiger partial charge is 0.269 e. The van der Waals surface area contributed by atoms with Gasteiger partial charge in [0.1, 0.15) is 12.4 Å². The van der Waals surface area contributed by atoms with Crippen LogP contribution in [0.5, 0.6) is 11.5 Å². The highest BCUT2D eigenvalue weighted by Gasteiger charge is 2.27. The number of aromatic amines is 1. The largest absolute Gasteiger partial charge is 0.485 e. The highest BCUT2D eigenvalue weighted by Crippen LogP contribution is 2.31. The van der Waals surface area contributed by atoms with Crippen molar-refractivity contribution in [3.63, 3.8) is 0 Å². The number of hydrogen-bond acceptors (Lipinski definition) is 4. The number of nitrogens with one attached hydrogen (secondary N) is 2. The maximum absolute atomic E-state index is 12.4. The lowest BCUT2D eigenvalue weighted by Gasteiger charge is -2.25. The number of aromatic nitrogens is 2. The minimum atomic E-state index is -0.677. The van der Waals surface area contributed by atoms with Crippen LogP contribution >= 0.6 is 0 Å². The van der Waals surface area contributed by atoms with Gasteiger partial charge in [-0.25, -0.2) is 4.98 Å². The molecule has 1 aliphatic heterocycles. The van der Waals surface area contributed by atoms with Crippen molar-refractivity contribution < 1.29 is 14.3 Å². The van der Waals surface area contributed by atoms with Crippen LogP contribution in [-0.4, -0.2) is 28.6 Å². The summed E-state index contributed by atoms with van der Waals surface area (Å²) < 4.78 is 11.3. The van der Waals surface area contributed by atoms with Gasteiger partial charge in [-0.05, 0) is 37.3 Å². The summed E-state index contributed by atoms with van der Waals surface area (Å²) in [6.07, 6.45) is -0.677. The number of aryl methyl sites for hydroxylation is 1. The number of fused-ring (bicyclic) bond motifs is 2. The maximum Gasteiger partial charge on any atom is 0.269 e. The van der Waals surface area contributed by atoms with Crippen molar-refractivity contribution in [2.24, 2.45) is 0 Å². The van der Waals surface area contributed by atoms with Crippen molar-refractivity contribution in [2.45, 2.75) is 13.0 Å². The number of carbonyl (C=O) groups is 1. The van der Waals surface area contributed by atoms with Gasteiger partial charge in [-0.1, -0.05) is 12.1 Å². The lowest BCUT2D eigenvalue weighted by Crippen LogP contribution is -2.40. The number of rotatable bonds is 2. The molecule has 4 rings (SSSR count). The molecule has 6 heteroatoms. The molecule has 23 heavy (non-hydrogen) atoms. The van der Waals surface area contributed by atoms with E-state index in [1.165, 1.54) is 0 Å². The minimum absolute atomic E-state index is 0.189. The number of benzene rings is 2. The average Bonchev–Trinajstić information content (AvgIpc) is 2.93. The van der Waals surface area contributed by atoms with E-state index in [1.54, 1.807) is 6.07 Å². The topological polar surface area (TPSA) is 76.2 Å². The van der Waals surface area contributed by atoms with Crippen molar-refractivity contribution in [1.82, 2.24) is 9.97 Å². The van der Waals surface area contributed by atoms with E-state index in [2.05, 4.69) is 15.3 Å². The zero-order valence-corrected chi connectivity index (χ0v) is 12.5. The molecule has 1 aliphatic rings. The summed E-state index contributed by atoms with van der Waals surface area (Å²) >= 11 is 0. The van der Waals surface area contributed by atoms with Crippen LogP contribution in [0.4, 0.5) is 5.69 Å². The quantitative estimate of drug-likeness (QED) is 0.763. The summed E-state index contributed by atoms with van der Waals surface area (Å²) in [5.74, 6) is 1.84. The van der Waals surface area contributed by atoms with E-state index in [1.807, 2.05) is 43.3 Å². The van der Waals surface area contributed by atoms with Crippen molar-refractivity contribution in [1.29, 1.82) is 0 Å². The van der Waals surface area contributed by atoms with Gasteiger partial charge in [-0.15, -0.1) is 0 Å². The standard InChI is InChI=1S/C17H15N3O3/c1-10-18-12-7-6-11(8-13(12)19-10)20-17(21)16-9-22-14-4-2-3-5-15(14)23-16/h2-8,16H,9H2,1H3,(H,18,19)(H,20,21). The van der Waals surface area contributed by atoms with Crippen LogP contribution < -0.4 is 14.8 Å². The van der Waals surface area contributed by atoms with Crippen LogP contribution in [0.3, 0.4) is 0 Å². The summed E-state index contributed by atoms with van der Waals surface area (Å²) in [5.41, 5.74) is 2.44. The number of ether oxygens (including phenoxy) is 2. The summed E-state index contributed by atoms with van der Waals surface area (Å²) in [6, 6.07) is 12.8. The minimum Gasteiger partial charge on any atom is -0.485 e. The van der Waals surface area contributed by atoms with Crippen molar-refractivity contribution >= 4 is 22.6 Å². The number of H-pyrrole nitrogens is 1. The average molecular weight is 309 g/mol. The summed E-state index contributed by atoms with van der Waals surface area (Å²) in [6.45, 7) is 2.08. The van der Waals surface area contributed by atoms with E-state index in [0.717, 1.165) is 16.9 Å². The van der Waals surface area contributed by atoms with E-state index in [0.29, 0.717) is 17.2 Å². The van der Waals surface area contributed by atoms with Crippen molar-refractivity contribution in [2.75, 3.05) is 11.9 Å². The molecule has 3 aromatic rings. The Morgan fingerprint density at radius 2 is 2.09 bits per heavy atom. The summed E-state index contributed by atoms with van der Waals surface area (Å²) in [7, 11) is 0. The Kier molecular flexibility index (Phi) is 3.15. The molecule has 0 bridgehead atoms. The second-order valence-electron chi connectivity index (χ2n) is 5.41. The molecule has 0 radical (unpaired) electrons. The van der Waals surface area contributed by atoms with E-state index in [-0.39, 0.29) is 12.5 Å². The highest BCUT2D eigenvalue weighted by atomic mass is 16.6. The van der Waals surface area contributed by atoms with Gasteiger partial charge in [-0.2, -0.15) is 0 Å². The molecule has 0 aliphatic carbocycles. The number of carbonyl (C=O) groups excluding carboxylic acids is 1. The molecule has 1 amide bonds. The molecule has 1 aromatic heterocycles. The number of imidazole rings is 1. The fraction of sp³-hybridized carbons (Fsp3) is 0.176. The number of para-hydroxylation sites is 2. The van der Waals surface area contributed by atoms with Gasteiger partial charge in [0, 0.05) is 5.69 Å². The van der Waals surface area contributed by atoms with Crippen LogP contribution in [0.2, 0.25) is 0 Å². The molecule has 2 heterocycles. The first-order valence-corrected chi connectivity index (χ1v) is 7.35. The van der Waals surface area contributed by atoms with Gasteiger partial charge in [0.05, 0.1) is 11.0 Å². The lowest BCUT2D eigenvalue weighted by molar-refractivity contribution is -0.125. The SMILES string of the molecule is Cc1nc2ccc(NC(=O)C3COc4ccccc4O3)cc2[nH]1. The van der Waals surface area contributed by atoms with E-state index >= 15 is 0 Å². The van der Waals surface area contributed by atoms with Gasteiger partial charge < -0.3 is 19.8 Å². The summed E-state index contributed by atoms with van der Waals surface area (Å²) in [5, 5.41) is 2.85. The number of nitrogens with zero attached hydrogens (tertiary/aromatic N) is 1. The van der Waals surface area contributed by atoms with Gasteiger partial charge >= 0.3 is 0 Å². The van der Waals surface area contributed by atoms with Gasteiger partial charge in [0.2, 0.25) is 6.10 Å². The molecule has 2 aromatic carbocycles. The van der Waals surface area contributed by atoms with Gasteiger partial charge in [0.15, 0.2) is 11.5 Å². The fourth-order valence-corrected chi connectivity index (χ4v) is 2.59. The molecular formula is C17H15N3O3. The van der Waals surface area contributed by atoms with Crippen LogP contribution in [0, 0.1) is 6.92 Å². The van der Waals surface area contributed by atoms with E-state index < -0.39 is 6.10 Å². The Hall–Kier alpha value is -3.02. The molecule has 0 saturated heterocycles. The number of amides is 1. The molecule has 2 N–H and O–H groups in total. The first kappa shape index (κ1) is 13.6. The lowest BCUT2D eigenvalue weighted by atomic mass is 10.2. The van der Waals surface area contributed by atoms with Crippen LogP contribution in [0.15, 0.2) is 42.5 Å². The molecule has 0 spiro atoms. The predicted octanol–water partition coefficient (Wildman–Crippen LogP) is 2.65. The third-order valence-corrected chi connectivity index (χ3v) is 3.67. The molecule has 0 fully saturated rings. The van der Waals surface area contributed by atoms with Crippen LogP contribution in [0.1, 0.15) is 5.82 Å². The molecule has 1 atom stereocenters. The Bertz CT molecular complexity index is 888. The van der Waals surface area contributed by atoms with Crippen molar-refractivity contribution in [3.8, 4) is 11.5 Å². The maximum atomic E-state index is 12.4. The third-order valence-electron chi connectivity index (χ3n) is 3.67. The highest BCUT2D eigenvalue weighted by molar-refractivity contribution is 5.96. The molecule has 1 unspecified atom stereocenters. The zero-order valence-electron chi connectivity index (χ0n) is 12.5. The van der Waals surface area contributed by atoms with Gasteiger partial charge in [-0.3, -0.25) is 4.79 Å². The Morgan fingerprint density at radius 1 is 1.26 bits per heavy atom. The van der Waals surface area contributed by atoms with E-state index in [4.69, 9.17) is 9.47 Å². The summed E-state index contributed by atoms with van der Waals surface area (Å²) in [4.78, 5) is 19.9. The molecule has 0 saturated carbocycles. The number of hydrogen-bond donors (Lipinski definition) is 2. The number of anilines is 1. The monoisotopic (exact) mass is 309 g/mol. The van der Waals surface area contributed by atoms with Crippen LogP contribution in [0.25, 0.3) is 11.0 Å². The van der Waals surface area contributed by atoms with Crippen LogP contribution in [-0.2, 0) is 4.79 Å². The first-order valence-electron chi connectivity index (χ1n) is 7.35. The first-order chi connectivity index (χ1) is 11.2. The van der Waals surface area contributed by atoms with E-state index in [9.17, 15) is 4.79 Å². The normalized spacial score (nSPS) is 16.3. The fourth-order valence-electron chi connectivity index (χ4n) is 2.59.